The Hall–Kier alpha value is -1.17. The van der Waals surface area contributed by atoms with Gasteiger partial charge in [-0.1, -0.05) is 46.1 Å². The fraction of sp³-hybridized carbons (Fsp3) is 0.333. The summed E-state index contributed by atoms with van der Waals surface area (Å²) in [5.41, 5.74) is 6.98. The van der Waals surface area contributed by atoms with Crippen LogP contribution >= 0.6 is 28.3 Å². The number of benzene rings is 1. The smallest absolute Gasteiger partial charge is 0.250 e. The number of nitrogens with two attached hydrogens (primary N) is 1. The van der Waals surface area contributed by atoms with E-state index in [0.29, 0.717) is 11.7 Å². The molecule has 6 heteroatoms. The molecule has 1 aliphatic rings. The zero-order valence-corrected chi connectivity index (χ0v) is 13.9. The van der Waals surface area contributed by atoms with Crippen LogP contribution in [0.3, 0.4) is 0 Å². The van der Waals surface area contributed by atoms with Crippen molar-refractivity contribution < 1.29 is 4.52 Å². The van der Waals surface area contributed by atoms with E-state index in [0.717, 1.165) is 35.7 Å². The minimum absolute atomic E-state index is 0. The second kappa shape index (κ2) is 6.73. The molecule has 3 rings (SSSR count). The van der Waals surface area contributed by atoms with Crippen molar-refractivity contribution in [2.24, 2.45) is 5.73 Å². The van der Waals surface area contributed by atoms with E-state index in [2.05, 4.69) is 26.1 Å². The number of nitrogens with zero attached hydrogens (tertiary/aromatic N) is 2. The van der Waals surface area contributed by atoms with Crippen molar-refractivity contribution in [2.45, 2.75) is 31.2 Å². The third-order valence-electron chi connectivity index (χ3n) is 3.65. The maximum atomic E-state index is 6.31. The standard InChI is InChI=1S/C15H16BrN3O.ClH/c16-12-5-3-4-11(10-12)6-7-13-18-14(19-20-13)15(17)8-1-2-9-15;/h3-7,10H,1-2,8-9,17H2;1H/b7-6+;. The average Bonchev–Trinajstić information content (AvgIpc) is 3.06. The molecule has 1 aliphatic carbocycles. The van der Waals surface area contributed by atoms with E-state index in [4.69, 9.17) is 10.3 Å². The van der Waals surface area contributed by atoms with E-state index in [1.165, 1.54) is 0 Å². The number of rotatable bonds is 3. The van der Waals surface area contributed by atoms with Crippen LogP contribution in [0.25, 0.3) is 12.2 Å². The second-order valence-electron chi connectivity index (χ2n) is 5.21. The van der Waals surface area contributed by atoms with Gasteiger partial charge < -0.3 is 10.3 Å². The van der Waals surface area contributed by atoms with Crippen LogP contribution < -0.4 is 5.73 Å². The van der Waals surface area contributed by atoms with Crippen LogP contribution in [0.15, 0.2) is 33.3 Å². The fourth-order valence-corrected chi connectivity index (χ4v) is 2.93. The van der Waals surface area contributed by atoms with Crippen molar-refractivity contribution in [3.05, 3.63) is 46.0 Å². The summed E-state index contributed by atoms with van der Waals surface area (Å²) in [6.07, 6.45) is 7.89. The van der Waals surface area contributed by atoms with Crippen LogP contribution in [0.5, 0.6) is 0 Å². The summed E-state index contributed by atoms with van der Waals surface area (Å²) < 4.78 is 6.29. The van der Waals surface area contributed by atoms with Gasteiger partial charge in [0.25, 0.3) is 5.89 Å². The molecule has 112 valence electrons. The Kier molecular flexibility index (Phi) is 5.19. The molecule has 1 aromatic heterocycles. The lowest BCUT2D eigenvalue weighted by Crippen LogP contribution is -2.34. The predicted molar refractivity (Wildman–Crippen MR) is 88.9 cm³/mol. The minimum Gasteiger partial charge on any atom is -0.335 e. The Morgan fingerprint density at radius 3 is 2.71 bits per heavy atom. The molecule has 0 atom stereocenters. The van der Waals surface area contributed by atoms with E-state index in [-0.39, 0.29) is 12.4 Å². The van der Waals surface area contributed by atoms with Gasteiger partial charge in [0, 0.05) is 10.5 Å². The molecule has 2 N–H and O–H groups in total. The molecule has 0 unspecified atom stereocenters. The van der Waals surface area contributed by atoms with Crippen LogP contribution in [-0.2, 0) is 5.54 Å². The van der Waals surface area contributed by atoms with Crippen molar-refractivity contribution >= 4 is 40.5 Å². The third kappa shape index (κ3) is 3.73. The number of hydrogen-bond acceptors (Lipinski definition) is 4. The van der Waals surface area contributed by atoms with Crippen LogP contribution in [0.2, 0.25) is 0 Å². The molecule has 0 amide bonds. The summed E-state index contributed by atoms with van der Waals surface area (Å²) in [4.78, 5) is 4.40. The van der Waals surface area contributed by atoms with Gasteiger partial charge in [-0.3, -0.25) is 0 Å². The summed E-state index contributed by atoms with van der Waals surface area (Å²) in [6, 6.07) is 8.01. The van der Waals surface area contributed by atoms with Crippen LogP contribution in [0.1, 0.15) is 43.0 Å². The SMILES string of the molecule is Cl.NC1(c2noc(/C=C/c3cccc(Br)c3)n2)CCCC1. The highest BCUT2D eigenvalue weighted by atomic mass is 79.9. The van der Waals surface area contributed by atoms with Crippen molar-refractivity contribution in [2.75, 3.05) is 0 Å². The quantitative estimate of drug-likeness (QED) is 0.881. The monoisotopic (exact) mass is 369 g/mol. The van der Waals surface area contributed by atoms with Gasteiger partial charge in [-0.15, -0.1) is 12.4 Å². The Bertz CT molecular complexity index is 635. The summed E-state index contributed by atoms with van der Waals surface area (Å²) in [7, 11) is 0. The lowest BCUT2D eigenvalue weighted by Gasteiger charge is -2.17. The summed E-state index contributed by atoms with van der Waals surface area (Å²) in [5, 5.41) is 4.03. The van der Waals surface area contributed by atoms with E-state index >= 15 is 0 Å². The largest absolute Gasteiger partial charge is 0.335 e. The first-order valence-electron chi connectivity index (χ1n) is 6.72. The summed E-state index contributed by atoms with van der Waals surface area (Å²) >= 11 is 3.44. The van der Waals surface area contributed by atoms with Crippen LogP contribution in [-0.4, -0.2) is 10.1 Å². The van der Waals surface area contributed by atoms with Gasteiger partial charge in [0.05, 0.1) is 5.54 Å². The van der Waals surface area contributed by atoms with E-state index in [1.807, 2.05) is 36.4 Å². The molecule has 0 bridgehead atoms. The third-order valence-corrected chi connectivity index (χ3v) is 4.14. The van der Waals surface area contributed by atoms with Crippen molar-refractivity contribution in [3.8, 4) is 0 Å². The molecule has 0 spiro atoms. The highest BCUT2D eigenvalue weighted by Crippen LogP contribution is 2.34. The van der Waals surface area contributed by atoms with Gasteiger partial charge >= 0.3 is 0 Å². The molecule has 0 aliphatic heterocycles. The molecule has 1 aromatic carbocycles. The predicted octanol–water partition coefficient (Wildman–Crippen LogP) is 4.15. The highest BCUT2D eigenvalue weighted by molar-refractivity contribution is 9.10. The number of aromatic nitrogens is 2. The van der Waals surface area contributed by atoms with Gasteiger partial charge in [-0.2, -0.15) is 4.98 Å². The lowest BCUT2D eigenvalue weighted by atomic mass is 9.99. The molecule has 1 saturated carbocycles. The maximum absolute atomic E-state index is 6.31. The van der Waals surface area contributed by atoms with E-state index < -0.39 is 5.54 Å². The van der Waals surface area contributed by atoms with E-state index in [1.54, 1.807) is 0 Å². The fourth-order valence-electron chi connectivity index (χ4n) is 2.51. The average molecular weight is 371 g/mol. The molecular formula is C15H17BrClN3O. The molecule has 0 radical (unpaired) electrons. The lowest BCUT2D eigenvalue weighted by molar-refractivity contribution is 0.364. The van der Waals surface area contributed by atoms with Gasteiger partial charge in [0.15, 0.2) is 5.82 Å². The Morgan fingerprint density at radius 1 is 1.24 bits per heavy atom. The second-order valence-corrected chi connectivity index (χ2v) is 6.12. The van der Waals surface area contributed by atoms with E-state index in [9.17, 15) is 0 Å². The van der Waals surface area contributed by atoms with Crippen molar-refractivity contribution in [1.82, 2.24) is 10.1 Å². The summed E-state index contributed by atoms with van der Waals surface area (Å²) in [5.74, 6) is 1.13. The first-order chi connectivity index (χ1) is 9.66. The molecule has 4 nitrogen and oxygen atoms in total. The molecule has 1 fully saturated rings. The zero-order chi connectivity index (χ0) is 14.0. The Balaban J connectivity index is 0.00000161. The topological polar surface area (TPSA) is 64.9 Å². The first-order valence-corrected chi connectivity index (χ1v) is 7.52. The first kappa shape index (κ1) is 16.2. The highest BCUT2D eigenvalue weighted by Gasteiger charge is 2.35. The van der Waals surface area contributed by atoms with Gasteiger partial charge in [-0.25, -0.2) is 0 Å². The Labute approximate surface area is 138 Å². The van der Waals surface area contributed by atoms with Crippen LogP contribution in [0, 0.1) is 0 Å². The van der Waals surface area contributed by atoms with Crippen LogP contribution in [0.4, 0.5) is 0 Å². The molecular weight excluding hydrogens is 354 g/mol. The minimum atomic E-state index is -0.397. The normalized spacial score (nSPS) is 17.0. The van der Waals surface area contributed by atoms with Crippen molar-refractivity contribution in [3.63, 3.8) is 0 Å². The number of hydrogen-bond donors (Lipinski definition) is 1. The molecule has 21 heavy (non-hydrogen) atoms. The number of halogens is 2. The molecule has 0 saturated heterocycles. The van der Waals surface area contributed by atoms with Gasteiger partial charge in [0.2, 0.25) is 0 Å². The Morgan fingerprint density at radius 2 is 2.00 bits per heavy atom. The van der Waals surface area contributed by atoms with Gasteiger partial charge in [0.1, 0.15) is 0 Å². The molecule has 2 aromatic rings. The maximum Gasteiger partial charge on any atom is 0.250 e. The zero-order valence-electron chi connectivity index (χ0n) is 11.5. The molecule has 1 heterocycles. The van der Waals surface area contributed by atoms with Crippen molar-refractivity contribution in [1.29, 1.82) is 0 Å². The summed E-state index contributed by atoms with van der Waals surface area (Å²) in [6.45, 7) is 0. The van der Waals surface area contributed by atoms with Gasteiger partial charge in [-0.05, 0) is 36.6 Å².